The van der Waals surface area contributed by atoms with Crippen molar-refractivity contribution < 1.29 is 14.1 Å². The van der Waals surface area contributed by atoms with Gasteiger partial charge in [0.1, 0.15) is 11.6 Å². The number of benzene rings is 1. The highest BCUT2D eigenvalue weighted by Crippen LogP contribution is 2.30. The molecule has 0 radical (unpaired) electrons. The van der Waals surface area contributed by atoms with Crippen LogP contribution in [0.3, 0.4) is 0 Å². The maximum Gasteiger partial charge on any atom is 0.290 e. The largest absolute Gasteiger partial charge is 0.381 e. The Labute approximate surface area is 251 Å². The minimum Gasteiger partial charge on any atom is -0.381 e. The van der Waals surface area contributed by atoms with Crippen molar-refractivity contribution >= 4 is 34.4 Å². The molecule has 0 saturated carbocycles. The summed E-state index contributed by atoms with van der Waals surface area (Å²) in [6, 6.07) is 13.8. The molecule has 6 rings (SSSR count). The molecule has 2 amide bonds. The molecule has 2 N–H and O–H groups in total. The van der Waals surface area contributed by atoms with Gasteiger partial charge < -0.3 is 19.7 Å². The fraction of sp³-hybridized carbons (Fsp3) is 0.194. The number of rotatable bonds is 7. The van der Waals surface area contributed by atoms with Crippen LogP contribution in [0.25, 0.3) is 33.5 Å². The number of carbonyl (C=O) groups is 2. The number of hydrogen-bond donors (Lipinski definition) is 2. The minimum atomic E-state index is -0.447. The van der Waals surface area contributed by atoms with Crippen LogP contribution in [-0.4, -0.2) is 45.9 Å². The van der Waals surface area contributed by atoms with Crippen LogP contribution in [0.5, 0.6) is 0 Å². The molecular formula is C31H29N9O4. The van der Waals surface area contributed by atoms with Gasteiger partial charge in [-0.1, -0.05) is 12.1 Å². The summed E-state index contributed by atoms with van der Waals surface area (Å²) < 4.78 is 10.1. The highest BCUT2D eigenvalue weighted by Gasteiger charge is 2.22. The topological polar surface area (TPSA) is 155 Å². The molecule has 1 aromatic carbocycles. The van der Waals surface area contributed by atoms with Crippen LogP contribution in [0, 0.1) is 13.8 Å². The first-order chi connectivity index (χ1) is 21.1. The van der Waals surface area contributed by atoms with E-state index in [0.717, 1.165) is 5.69 Å². The van der Waals surface area contributed by atoms with Crippen LogP contribution >= 0.6 is 0 Å². The third-order valence-electron chi connectivity index (χ3n) is 7.17. The van der Waals surface area contributed by atoms with Crippen molar-refractivity contribution in [3.8, 4) is 22.5 Å². The Morgan fingerprint density at radius 2 is 1.80 bits per heavy atom. The summed E-state index contributed by atoms with van der Waals surface area (Å²) in [6.45, 7) is 5.93. The van der Waals surface area contributed by atoms with Gasteiger partial charge in [-0.05, 0) is 51.1 Å². The zero-order valence-electron chi connectivity index (χ0n) is 24.7. The Bertz CT molecular complexity index is 2120. The van der Waals surface area contributed by atoms with Gasteiger partial charge in [-0.25, -0.2) is 9.97 Å². The van der Waals surface area contributed by atoms with Gasteiger partial charge in [-0.15, -0.1) is 0 Å². The lowest BCUT2D eigenvalue weighted by Crippen LogP contribution is -2.18. The summed E-state index contributed by atoms with van der Waals surface area (Å²) in [7, 11) is 3.32. The molecule has 0 atom stereocenters. The molecule has 0 saturated heterocycles. The molecule has 0 aliphatic carbocycles. The average Bonchev–Trinajstić information content (AvgIpc) is 3.66. The van der Waals surface area contributed by atoms with E-state index in [1.807, 2.05) is 29.7 Å². The first kappa shape index (κ1) is 28.3. The molecule has 0 aliphatic heterocycles. The summed E-state index contributed by atoms with van der Waals surface area (Å²) in [4.78, 5) is 52.7. The second-order valence-electron chi connectivity index (χ2n) is 10.2. The molecule has 5 aromatic heterocycles. The van der Waals surface area contributed by atoms with E-state index >= 15 is 0 Å². The van der Waals surface area contributed by atoms with Crippen molar-refractivity contribution in [1.29, 1.82) is 0 Å². The van der Waals surface area contributed by atoms with E-state index < -0.39 is 5.91 Å². The van der Waals surface area contributed by atoms with E-state index in [9.17, 15) is 14.4 Å². The van der Waals surface area contributed by atoms with E-state index in [4.69, 9.17) is 4.52 Å². The number of amides is 2. The van der Waals surface area contributed by atoms with Crippen LogP contribution in [0.4, 0.5) is 11.5 Å². The van der Waals surface area contributed by atoms with Gasteiger partial charge in [0.05, 0.1) is 28.0 Å². The predicted octanol–water partition coefficient (Wildman–Crippen LogP) is 4.33. The minimum absolute atomic E-state index is 0.193. The SMILES string of the molecule is CCn1c(-c2ccc(-c3c(C)on(C)c3=O)cn2)cc2nc(C)nc(C(=O)Nc3cccc(C(=O)Nc4ccn(C)n4)c3)c21. The second kappa shape index (κ2) is 11.1. The number of carbonyl (C=O) groups excluding carboxylic acids is 2. The molecular weight excluding hydrogens is 562 g/mol. The summed E-state index contributed by atoms with van der Waals surface area (Å²) >= 11 is 0. The smallest absolute Gasteiger partial charge is 0.290 e. The molecule has 44 heavy (non-hydrogen) atoms. The lowest BCUT2D eigenvalue weighted by Gasteiger charge is -2.12. The van der Waals surface area contributed by atoms with Gasteiger partial charge in [-0.2, -0.15) is 9.84 Å². The van der Waals surface area contributed by atoms with Gasteiger partial charge in [0.15, 0.2) is 11.5 Å². The first-order valence-electron chi connectivity index (χ1n) is 13.9. The monoisotopic (exact) mass is 591 g/mol. The Morgan fingerprint density at radius 1 is 0.977 bits per heavy atom. The molecule has 0 bridgehead atoms. The summed E-state index contributed by atoms with van der Waals surface area (Å²) in [5, 5.41) is 9.79. The highest BCUT2D eigenvalue weighted by atomic mass is 16.5. The van der Waals surface area contributed by atoms with E-state index in [1.54, 1.807) is 75.4 Å². The highest BCUT2D eigenvalue weighted by molar-refractivity contribution is 6.11. The molecule has 6 aromatic rings. The Morgan fingerprint density at radius 3 is 2.45 bits per heavy atom. The molecule has 0 spiro atoms. The quantitative estimate of drug-likeness (QED) is 0.278. The van der Waals surface area contributed by atoms with Crippen molar-refractivity contribution in [3.63, 3.8) is 0 Å². The lowest BCUT2D eigenvalue weighted by molar-refractivity contribution is 0.101. The number of fused-ring (bicyclic) bond motifs is 1. The van der Waals surface area contributed by atoms with Crippen LogP contribution in [0.1, 0.15) is 39.4 Å². The standard InChI is InChI=1S/C31H29N9O4/c1-6-40-24(22-11-10-20(16-32-22)26-17(2)44-39(5)31(26)43)15-23-28(40)27(34-18(3)33-23)30(42)35-21-9-7-8-19(14-21)29(41)36-25-12-13-38(4)37-25/h7-16H,6H2,1-5H3,(H,35,42)(H,36,37,41). The third kappa shape index (κ3) is 5.15. The van der Waals surface area contributed by atoms with Crippen molar-refractivity contribution in [2.24, 2.45) is 14.1 Å². The predicted molar refractivity (Wildman–Crippen MR) is 164 cm³/mol. The second-order valence-corrected chi connectivity index (χ2v) is 10.2. The van der Waals surface area contributed by atoms with Gasteiger partial charge in [0.25, 0.3) is 17.4 Å². The number of pyridine rings is 1. The fourth-order valence-electron chi connectivity index (χ4n) is 5.20. The van der Waals surface area contributed by atoms with Gasteiger partial charge in [0.2, 0.25) is 0 Å². The number of hydrogen-bond acceptors (Lipinski definition) is 8. The number of aryl methyl sites for hydroxylation is 5. The zero-order chi connectivity index (χ0) is 31.1. The van der Waals surface area contributed by atoms with Crippen LogP contribution in [0.15, 0.2) is 70.2 Å². The molecule has 0 unspecified atom stereocenters. The zero-order valence-corrected chi connectivity index (χ0v) is 24.7. The normalized spacial score (nSPS) is 11.2. The molecule has 13 nitrogen and oxygen atoms in total. The maximum atomic E-state index is 13.7. The van der Waals surface area contributed by atoms with Crippen molar-refractivity contribution in [2.45, 2.75) is 27.3 Å². The van der Waals surface area contributed by atoms with Gasteiger partial charge in [0, 0.05) is 55.9 Å². The first-order valence-corrected chi connectivity index (χ1v) is 13.9. The number of aromatic nitrogens is 7. The molecule has 0 fully saturated rings. The number of anilines is 2. The Balaban J connectivity index is 1.32. The van der Waals surface area contributed by atoms with Crippen molar-refractivity contribution in [2.75, 3.05) is 10.6 Å². The fourth-order valence-corrected chi connectivity index (χ4v) is 5.20. The van der Waals surface area contributed by atoms with E-state index in [0.29, 0.717) is 63.1 Å². The van der Waals surface area contributed by atoms with Gasteiger partial charge >= 0.3 is 0 Å². The summed E-state index contributed by atoms with van der Waals surface area (Å²) in [5.74, 6) is 0.561. The Hall–Kier alpha value is -5.85. The molecule has 5 heterocycles. The van der Waals surface area contributed by atoms with E-state index in [-0.39, 0.29) is 17.2 Å². The van der Waals surface area contributed by atoms with E-state index in [1.165, 1.54) is 4.74 Å². The van der Waals surface area contributed by atoms with Crippen LogP contribution in [-0.2, 0) is 20.6 Å². The summed E-state index contributed by atoms with van der Waals surface area (Å²) in [6.07, 6.45) is 3.36. The van der Waals surface area contributed by atoms with Crippen LogP contribution < -0.4 is 16.2 Å². The van der Waals surface area contributed by atoms with Crippen molar-refractivity contribution in [1.82, 2.24) is 34.0 Å². The van der Waals surface area contributed by atoms with E-state index in [2.05, 4.69) is 30.7 Å². The average molecular weight is 592 g/mol. The molecule has 0 aliphatic rings. The molecule has 222 valence electrons. The lowest BCUT2D eigenvalue weighted by atomic mass is 10.1. The number of nitrogens with one attached hydrogen (secondary N) is 2. The van der Waals surface area contributed by atoms with Crippen molar-refractivity contribution in [3.05, 3.63) is 94.1 Å². The Kier molecular flexibility index (Phi) is 7.13. The van der Waals surface area contributed by atoms with Gasteiger partial charge in [-0.3, -0.25) is 24.0 Å². The molecule has 13 heteroatoms. The summed E-state index contributed by atoms with van der Waals surface area (Å²) in [5.41, 5.74) is 4.38. The maximum absolute atomic E-state index is 13.7. The third-order valence-corrected chi connectivity index (χ3v) is 7.17. The number of nitrogens with zero attached hydrogens (tertiary/aromatic N) is 7. The van der Waals surface area contributed by atoms with Crippen LogP contribution in [0.2, 0.25) is 0 Å².